The molecule has 2 heterocycles. The highest BCUT2D eigenvalue weighted by Crippen LogP contribution is 2.35. The molecular formula is C24H25N3O3. The van der Waals surface area contributed by atoms with Crippen LogP contribution in [0.1, 0.15) is 38.9 Å². The van der Waals surface area contributed by atoms with E-state index in [9.17, 15) is 4.79 Å². The van der Waals surface area contributed by atoms with Crippen LogP contribution in [0.4, 0.5) is 5.82 Å². The van der Waals surface area contributed by atoms with Crippen LogP contribution < -0.4 is 15.0 Å². The number of pyridine rings is 1. The molecule has 0 spiro atoms. The van der Waals surface area contributed by atoms with E-state index in [1.807, 2.05) is 55.5 Å². The number of nitrogens with zero attached hydrogens (tertiary/aromatic N) is 2. The van der Waals surface area contributed by atoms with Gasteiger partial charge in [-0.05, 0) is 41.8 Å². The van der Waals surface area contributed by atoms with Gasteiger partial charge in [-0.3, -0.25) is 4.79 Å². The zero-order chi connectivity index (χ0) is 21.1. The summed E-state index contributed by atoms with van der Waals surface area (Å²) in [5.74, 6) is 1.30. The molecule has 0 bridgehead atoms. The molecule has 30 heavy (non-hydrogen) atoms. The summed E-state index contributed by atoms with van der Waals surface area (Å²) in [5, 5.41) is 3.17. The Labute approximate surface area is 176 Å². The van der Waals surface area contributed by atoms with Crippen LogP contribution in [0, 0.1) is 6.92 Å². The smallest absolute Gasteiger partial charge is 0.257 e. The van der Waals surface area contributed by atoms with Gasteiger partial charge in [0.25, 0.3) is 5.91 Å². The number of carbonyl (C=O) groups is 1. The molecule has 1 unspecified atom stereocenters. The second-order valence-corrected chi connectivity index (χ2v) is 7.32. The Morgan fingerprint density at radius 2 is 1.80 bits per heavy atom. The quantitative estimate of drug-likeness (QED) is 0.674. The van der Waals surface area contributed by atoms with E-state index in [4.69, 9.17) is 14.5 Å². The maximum Gasteiger partial charge on any atom is 0.257 e. The average molecular weight is 403 g/mol. The molecule has 6 nitrogen and oxygen atoms in total. The molecule has 2 aromatic carbocycles. The lowest BCUT2D eigenvalue weighted by molar-refractivity contribution is 0.0919. The number of aromatic nitrogens is 1. The summed E-state index contributed by atoms with van der Waals surface area (Å²) < 4.78 is 10.6. The SMILES string of the molecule is COCc1cc(C)nc2c1C(=O)NC(c1ccc(OC)cc1)N2Cc1ccccc1. The van der Waals surface area contributed by atoms with E-state index in [1.54, 1.807) is 14.2 Å². The first-order valence-electron chi connectivity index (χ1n) is 9.85. The standard InChI is InChI=1S/C24H25N3O3/c1-16-13-19(15-29-2)21-23(25-16)27(14-17-7-5-4-6-8-17)22(26-24(21)28)18-9-11-20(30-3)12-10-18/h4-13,22H,14-15H2,1-3H3,(H,26,28). The van der Waals surface area contributed by atoms with Crippen molar-refractivity contribution in [2.75, 3.05) is 19.1 Å². The molecule has 0 saturated carbocycles. The normalized spacial score (nSPS) is 15.5. The van der Waals surface area contributed by atoms with Gasteiger partial charge in [0.05, 0.1) is 19.3 Å². The van der Waals surface area contributed by atoms with Gasteiger partial charge in [0, 0.05) is 19.3 Å². The molecule has 1 aliphatic heterocycles. The first-order chi connectivity index (χ1) is 14.6. The second kappa shape index (κ2) is 8.55. The van der Waals surface area contributed by atoms with Crippen molar-refractivity contribution in [2.45, 2.75) is 26.2 Å². The molecular weight excluding hydrogens is 378 g/mol. The minimum Gasteiger partial charge on any atom is -0.497 e. The lowest BCUT2D eigenvalue weighted by Crippen LogP contribution is -2.47. The molecule has 0 fully saturated rings. The number of nitrogens with one attached hydrogen (secondary N) is 1. The molecule has 1 aromatic heterocycles. The van der Waals surface area contributed by atoms with Crippen LogP contribution in [0.15, 0.2) is 60.7 Å². The van der Waals surface area contributed by atoms with Crippen molar-refractivity contribution < 1.29 is 14.3 Å². The van der Waals surface area contributed by atoms with Crippen molar-refractivity contribution in [3.63, 3.8) is 0 Å². The fourth-order valence-corrected chi connectivity index (χ4v) is 3.84. The summed E-state index contributed by atoms with van der Waals surface area (Å²) in [7, 11) is 3.27. The molecule has 3 aromatic rings. The first-order valence-corrected chi connectivity index (χ1v) is 9.85. The minimum atomic E-state index is -0.346. The van der Waals surface area contributed by atoms with Gasteiger partial charge in [0.15, 0.2) is 0 Å². The molecule has 6 heteroatoms. The maximum absolute atomic E-state index is 13.1. The highest BCUT2D eigenvalue weighted by atomic mass is 16.5. The number of amides is 1. The monoisotopic (exact) mass is 403 g/mol. The lowest BCUT2D eigenvalue weighted by atomic mass is 10.0. The third-order valence-electron chi connectivity index (χ3n) is 5.22. The topological polar surface area (TPSA) is 63.7 Å². The number of anilines is 1. The van der Waals surface area contributed by atoms with Gasteiger partial charge in [0.2, 0.25) is 0 Å². The van der Waals surface area contributed by atoms with Crippen LogP contribution in [0.25, 0.3) is 0 Å². The summed E-state index contributed by atoms with van der Waals surface area (Å²) in [5.41, 5.74) is 4.35. The van der Waals surface area contributed by atoms with Crippen LogP contribution in [0.5, 0.6) is 5.75 Å². The van der Waals surface area contributed by atoms with Crippen molar-refractivity contribution in [3.8, 4) is 5.75 Å². The van der Waals surface area contributed by atoms with Crippen LogP contribution >= 0.6 is 0 Å². The predicted molar refractivity (Wildman–Crippen MR) is 116 cm³/mol. The number of rotatable bonds is 6. The van der Waals surface area contributed by atoms with Crippen molar-refractivity contribution in [1.29, 1.82) is 0 Å². The molecule has 154 valence electrons. The van der Waals surface area contributed by atoms with Crippen molar-refractivity contribution in [1.82, 2.24) is 10.3 Å². The molecule has 1 atom stereocenters. The number of carbonyl (C=O) groups excluding carboxylic acids is 1. The minimum absolute atomic E-state index is 0.144. The number of aryl methyl sites for hydroxylation is 1. The van der Waals surface area contributed by atoms with Crippen LogP contribution in [0.3, 0.4) is 0 Å². The highest BCUT2D eigenvalue weighted by Gasteiger charge is 2.35. The van der Waals surface area contributed by atoms with Crippen LogP contribution in [0.2, 0.25) is 0 Å². The van der Waals surface area contributed by atoms with Gasteiger partial charge in [-0.25, -0.2) is 4.98 Å². The van der Waals surface area contributed by atoms with E-state index >= 15 is 0 Å². The summed E-state index contributed by atoms with van der Waals surface area (Å²) in [6.45, 7) is 2.90. The Hall–Kier alpha value is -3.38. The number of hydrogen-bond acceptors (Lipinski definition) is 5. The van der Waals surface area contributed by atoms with Crippen LogP contribution in [-0.2, 0) is 17.9 Å². The van der Waals surface area contributed by atoms with Gasteiger partial charge in [-0.15, -0.1) is 0 Å². The summed E-state index contributed by atoms with van der Waals surface area (Å²) in [4.78, 5) is 20.1. The van der Waals surface area contributed by atoms with E-state index < -0.39 is 0 Å². The lowest BCUT2D eigenvalue weighted by Gasteiger charge is -2.39. The number of hydrogen-bond donors (Lipinski definition) is 1. The van der Waals surface area contributed by atoms with E-state index in [2.05, 4.69) is 22.3 Å². The molecule has 0 saturated heterocycles. The Kier molecular flexibility index (Phi) is 5.68. The van der Waals surface area contributed by atoms with Crippen molar-refractivity contribution >= 4 is 11.7 Å². The number of ether oxygens (including phenoxy) is 2. The van der Waals surface area contributed by atoms with Crippen LogP contribution in [-0.4, -0.2) is 25.1 Å². The Bertz CT molecular complexity index is 1040. The zero-order valence-corrected chi connectivity index (χ0v) is 17.4. The van der Waals surface area contributed by atoms with Gasteiger partial charge in [0.1, 0.15) is 17.7 Å². The average Bonchev–Trinajstić information content (AvgIpc) is 2.76. The second-order valence-electron chi connectivity index (χ2n) is 7.32. The Balaban J connectivity index is 1.83. The van der Waals surface area contributed by atoms with E-state index in [1.165, 1.54) is 0 Å². The van der Waals surface area contributed by atoms with Gasteiger partial charge in [-0.2, -0.15) is 0 Å². The Morgan fingerprint density at radius 3 is 2.47 bits per heavy atom. The molecule has 0 aliphatic carbocycles. The number of methoxy groups -OCH3 is 2. The summed E-state index contributed by atoms with van der Waals surface area (Å²) in [6.07, 6.45) is -0.346. The molecule has 1 N–H and O–H groups in total. The largest absolute Gasteiger partial charge is 0.497 e. The first kappa shape index (κ1) is 19.9. The van der Waals surface area contributed by atoms with E-state index in [-0.39, 0.29) is 12.1 Å². The summed E-state index contributed by atoms with van der Waals surface area (Å²) >= 11 is 0. The van der Waals surface area contributed by atoms with Crippen molar-refractivity contribution in [2.24, 2.45) is 0 Å². The third kappa shape index (κ3) is 3.86. The van der Waals surface area contributed by atoms with Gasteiger partial charge >= 0.3 is 0 Å². The van der Waals surface area contributed by atoms with E-state index in [0.717, 1.165) is 28.1 Å². The fourth-order valence-electron chi connectivity index (χ4n) is 3.84. The highest BCUT2D eigenvalue weighted by molar-refractivity contribution is 6.02. The van der Waals surface area contributed by atoms with E-state index in [0.29, 0.717) is 24.5 Å². The zero-order valence-electron chi connectivity index (χ0n) is 17.4. The third-order valence-corrected chi connectivity index (χ3v) is 5.22. The summed E-state index contributed by atoms with van der Waals surface area (Å²) in [6, 6.07) is 19.8. The predicted octanol–water partition coefficient (Wildman–Crippen LogP) is 3.99. The molecule has 1 aliphatic rings. The molecule has 0 radical (unpaired) electrons. The molecule has 4 rings (SSSR count). The maximum atomic E-state index is 13.1. The van der Waals surface area contributed by atoms with Gasteiger partial charge in [-0.1, -0.05) is 42.5 Å². The van der Waals surface area contributed by atoms with Gasteiger partial charge < -0.3 is 19.7 Å². The number of benzene rings is 2. The number of fused-ring (bicyclic) bond motifs is 1. The molecule has 1 amide bonds. The van der Waals surface area contributed by atoms with Crippen molar-refractivity contribution in [3.05, 3.63) is 88.6 Å². The Morgan fingerprint density at radius 1 is 1.07 bits per heavy atom. The fraction of sp³-hybridized carbons (Fsp3) is 0.250.